The molecule has 1 aromatic carbocycles. The van der Waals surface area contributed by atoms with Crippen LogP contribution in [0, 0.1) is 6.92 Å². The van der Waals surface area contributed by atoms with Gasteiger partial charge in [0, 0.05) is 11.8 Å². The maximum Gasteiger partial charge on any atom is 0.333 e. The molecule has 1 heterocycles. The zero-order chi connectivity index (χ0) is 15.2. The van der Waals surface area contributed by atoms with E-state index in [1.54, 1.807) is 6.07 Å². The first-order valence-corrected chi connectivity index (χ1v) is 6.43. The van der Waals surface area contributed by atoms with Gasteiger partial charge in [0.05, 0.1) is 14.2 Å². The molecule has 0 bridgehead atoms. The van der Waals surface area contributed by atoms with Crippen molar-refractivity contribution in [1.82, 2.24) is 9.97 Å². The van der Waals surface area contributed by atoms with Gasteiger partial charge in [0.25, 0.3) is 0 Å². The van der Waals surface area contributed by atoms with E-state index in [0.717, 1.165) is 11.3 Å². The second-order valence-corrected chi connectivity index (χ2v) is 4.39. The number of aromatic nitrogens is 2. The van der Waals surface area contributed by atoms with Crippen molar-refractivity contribution in [1.29, 1.82) is 0 Å². The summed E-state index contributed by atoms with van der Waals surface area (Å²) in [5.41, 5.74) is 1.51. The number of methoxy groups -OCH3 is 2. The van der Waals surface area contributed by atoms with Crippen molar-refractivity contribution in [3.8, 4) is 5.88 Å². The summed E-state index contributed by atoms with van der Waals surface area (Å²) >= 11 is 0. The van der Waals surface area contributed by atoms with Crippen LogP contribution in [0.5, 0.6) is 5.88 Å². The molecule has 1 aromatic heterocycles. The summed E-state index contributed by atoms with van der Waals surface area (Å²) in [7, 11) is 2.87. The molecule has 21 heavy (non-hydrogen) atoms. The molecule has 1 atom stereocenters. The van der Waals surface area contributed by atoms with Gasteiger partial charge in [0.15, 0.2) is 6.04 Å². The lowest BCUT2D eigenvalue weighted by Gasteiger charge is -2.17. The molecule has 0 aliphatic rings. The fourth-order valence-corrected chi connectivity index (χ4v) is 1.88. The highest BCUT2D eigenvalue weighted by molar-refractivity contribution is 5.80. The van der Waals surface area contributed by atoms with Crippen molar-refractivity contribution >= 4 is 11.9 Å². The summed E-state index contributed by atoms with van der Waals surface area (Å²) in [6.45, 7) is 1.82. The number of carbonyl (C=O) groups excluding carboxylic acids is 1. The van der Waals surface area contributed by atoms with Gasteiger partial charge < -0.3 is 14.8 Å². The molecule has 2 aromatic rings. The van der Waals surface area contributed by atoms with E-state index in [9.17, 15) is 4.79 Å². The Balaban J connectivity index is 2.31. The Labute approximate surface area is 123 Å². The van der Waals surface area contributed by atoms with Gasteiger partial charge in [-0.25, -0.2) is 9.78 Å². The fourth-order valence-electron chi connectivity index (χ4n) is 1.88. The number of nitrogens with one attached hydrogen (secondary N) is 1. The minimum absolute atomic E-state index is 0.311. The highest BCUT2D eigenvalue weighted by Crippen LogP contribution is 2.20. The molecule has 6 nitrogen and oxygen atoms in total. The third-order valence-corrected chi connectivity index (χ3v) is 2.88. The maximum atomic E-state index is 12.0. The Hall–Kier alpha value is -2.63. The molecule has 110 valence electrons. The third kappa shape index (κ3) is 3.68. The molecule has 0 spiro atoms. The number of anilines is 1. The van der Waals surface area contributed by atoms with E-state index < -0.39 is 12.0 Å². The number of esters is 1. The van der Waals surface area contributed by atoms with Crippen LogP contribution in [0.2, 0.25) is 0 Å². The summed E-state index contributed by atoms with van der Waals surface area (Å²) in [6, 6.07) is 10.3. The summed E-state index contributed by atoms with van der Waals surface area (Å²) < 4.78 is 9.94. The summed E-state index contributed by atoms with van der Waals surface area (Å²) in [5.74, 6) is 0.332. The van der Waals surface area contributed by atoms with Crippen LogP contribution in [0.4, 0.5) is 5.95 Å². The Morgan fingerprint density at radius 1 is 1.19 bits per heavy atom. The molecule has 1 unspecified atom stereocenters. The Kier molecular flexibility index (Phi) is 4.71. The third-order valence-electron chi connectivity index (χ3n) is 2.88. The standard InChI is InChI=1S/C15H17N3O3/c1-10-9-12(20-2)17-15(16-10)18-13(14(19)21-3)11-7-5-4-6-8-11/h4-9,13H,1-3H3,(H,16,17,18). The molecule has 0 fully saturated rings. The van der Waals surface area contributed by atoms with E-state index in [2.05, 4.69) is 15.3 Å². The van der Waals surface area contributed by atoms with Gasteiger partial charge in [-0.15, -0.1) is 0 Å². The normalized spacial score (nSPS) is 11.6. The van der Waals surface area contributed by atoms with E-state index >= 15 is 0 Å². The van der Waals surface area contributed by atoms with Crippen molar-refractivity contribution < 1.29 is 14.3 Å². The van der Waals surface area contributed by atoms with Crippen LogP contribution in [0.15, 0.2) is 36.4 Å². The van der Waals surface area contributed by atoms with Crippen molar-refractivity contribution in [2.75, 3.05) is 19.5 Å². The van der Waals surface area contributed by atoms with Crippen LogP contribution in [0.25, 0.3) is 0 Å². The first-order chi connectivity index (χ1) is 10.1. The van der Waals surface area contributed by atoms with Gasteiger partial charge in [-0.3, -0.25) is 0 Å². The SMILES string of the molecule is COC(=O)C(Nc1nc(C)cc(OC)n1)c1ccccc1. The average Bonchev–Trinajstić information content (AvgIpc) is 2.52. The minimum atomic E-state index is -0.678. The summed E-state index contributed by atoms with van der Waals surface area (Å²) in [5, 5.41) is 2.98. The van der Waals surface area contributed by atoms with E-state index in [-0.39, 0.29) is 0 Å². The lowest BCUT2D eigenvalue weighted by atomic mass is 10.1. The van der Waals surface area contributed by atoms with Crippen molar-refractivity contribution in [2.24, 2.45) is 0 Å². The number of ether oxygens (including phenoxy) is 2. The topological polar surface area (TPSA) is 73.3 Å². The number of rotatable bonds is 5. The van der Waals surface area contributed by atoms with E-state index in [0.29, 0.717) is 11.8 Å². The monoisotopic (exact) mass is 287 g/mol. The molecule has 0 amide bonds. The highest BCUT2D eigenvalue weighted by atomic mass is 16.5. The first kappa shape index (κ1) is 14.8. The van der Waals surface area contributed by atoms with Crippen LogP contribution >= 0.6 is 0 Å². The number of nitrogens with zero attached hydrogens (tertiary/aromatic N) is 2. The predicted molar refractivity (Wildman–Crippen MR) is 78.1 cm³/mol. The molecule has 0 saturated heterocycles. The molecule has 6 heteroatoms. The Morgan fingerprint density at radius 3 is 2.52 bits per heavy atom. The second-order valence-electron chi connectivity index (χ2n) is 4.39. The van der Waals surface area contributed by atoms with Gasteiger partial charge in [0.2, 0.25) is 11.8 Å². The van der Waals surface area contributed by atoms with E-state index in [4.69, 9.17) is 9.47 Å². The Bertz CT molecular complexity index is 617. The van der Waals surface area contributed by atoms with Gasteiger partial charge >= 0.3 is 5.97 Å². The molecule has 2 rings (SSSR count). The van der Waals surface area contributed by atoms with Crippen LogP contribution in [-0.4, -0.2) is 30.2 Å². The van der Waals surface area contributed by atoms with Crippen LogP contribution < -0.4 is 10.1 Å². The zero-order valence-electron chi connectivity index (χ0n) is 12.2. The maximum absolute atomic E-state index is 12.0. The summed E-state index contributed by atoms with van der Waals surface area (Å²) in [4.78, 5) is 20.4. The van der Waals surface area contributed by atoms with Gasteiger partial charge in [0.1, 0.15) is 0 Å². The van der Waals surface area contributed by atoms with Crippen LogP contribution in [0.1, 0.15) is 17.3 Å². The molecule has 0 aliphatic heterocycles. The molecular formula is C15H17N3O3. The van der Waals surface area contributed by atoms with Crippen LogP contribution in [-0.2, 0) is 9.53 Å². The molecular weight excluding hydrogens is 270 g/mol. The zero-order valence-corrected chi connectivity index (χ0v) is 12.2. The van der Waals surface area contributed by atoms with Gasteiger partial charge in [-0.2, -0.15) is 4.98 Å². The largest absolute Gasteiger partial charge is 0.481 e. The number of aryl methyl sites for hydroxylation is 1. The Morgan fingerprint density at radius 2 is 1.90 bits per heavy atom. The lowest BCUT2D eigenvalue weighted by molar-refractivity contribution is -0.141. The molecule has 1 N–H and O–H groups in total. The molecule has 0 saturated carbocycles. The van der Waals surface area contributed by atoms with Gasteiger partial charge in [-0.1, -0.05) is 30.3 Å². The second kappa shape index (κ2) is 6.69. The quantitative estimate of drug-likeness (QED) is 0.849. The summed E-state index contributed by atoms with van der Waals surface area (Å²) in [6.07, 6.45) is 0. The van der Waals surface area contributed by atoms with Crippen molar-refractivity contribution in [3.63, 3.8) is 0 Å². The number of carbonyl (C=O) groups is 1. The van der Waals surface area contributed by atoms with E-state index in [1.165, 1.54) is 14.2 Å². The predicted octanol–water partition coefficient (Wildman–Crippen LogP) is 2.12. The first-order valence-electron chi connectivity index (χ1n) is 6.43. The van der Waals surface area contributed by atoms with Crippen molar-refractivity contribution in [3.05, 3.63) is 47.7 Å². The van der Waals surface area contributed by atoms with E-state index in [1.807, 2.05) is 37.3 Å². The average molecular weight is 287 g/mol. The fraction of sp³-hybridized carbons (Fsp3) is 0.267. The highest BCUT2D eigenvalue weighted by Gasteiger charge is 2.22. The number of hydrogen-bond donors (Lipinski definition) is 1. The van der Waals surface area contributed by atoms with Crippen LogP contribution in [0.3, 0.4) is 0 Å². The molecule has 0 radical (unpaired) electrons. The smallest absolute Gasteiger partial charge is 0.333 e. The lowest BCUT2D eigenvalue weighted by Crippen LogP contribution is -2.23. The van der Waals surface area contributed by atoms with Crippen molar-refractivity contribution in [2.45, 2.75) is 13.0 Å². The number of hydrogen-bond acceptors (Lipinski definition) is 6. The molecule has 0 aliphatic carbocycles. The number of benzene rings is 1. The minimum Gasteiger partial charge on any atom is -0.481 e. The van der Waals surface area contributed by atoms with Gasteiger partial charge in [-0.05, 0) is 12.5 Å².